The van der Waals surface area contributed by atoms with Crippen LogP contribution in [0.25, 0.3) is 4.96 Å². The van der Waals surface area contributed by atoms with Gasteiger partial charge >= 0.3 is 0 Å². The third-order valence-electron chi connectivity index (χ3n) is 2.56. The minimum absolute atomic E-state index is 0.200. The molecule has 2 aromatic rings. The molecular weight excluding hydrogens is 272 g/mol. The third kappa shape index (κ3) is 3.27. The molecule has 0 saturated carbocycles. The van der Waals surface area contributed by atoms with Crippen molar-refractivity contribution >= 4 is 26.3 Å². The molecule has 0 amide bonds. The van der Waals surface area contributed by atoms with Crippen molar-refractivity contribution in [2.24, 2.45) is 0 Å². The molecule has 0 aromatic carbocycles. The molecule has 6 nitrogen and oxygen atoms in total. The number of hydrogen-bond acceptors (Lipinski definition) is 5. The van der Waals surface area contributed by atoms with Gasteiger partial charge in [0.2, 0.25) is 15.0 Å². The molecule has 0 unspecified atom stereocenters. The van der Waals surface area contributed by atoms with Gasteiger partial charge in [0.05, 0.1) is 11.4 Å². The number of nitrogens with one attached hydrogen (secondary N) is 1. The predicted molar refractivity (Wildman–Crippen MR) is 71.3 cm³/mol. The normalized spacial score (nSPS) is 12.3. The van der Waals surface area contributed by atoms with E-state index in [9.17, 15) is 8.42 Å². The number of fused-ring (bicyclic) bond motifs is 1. The maximum Gasteiger partial charge on any atom is 0.212 e. The van der Waals surface area contributed by atoms with Gasteiger partial charge < -0.3 is 0 Å². The molecule has 100 valence electrons. The zero-order valence-electron chi connectivity index (χ0n) is 10.2. The number of aromatic nitrogens is 3. The highest BCUT2D eigenvalue weighted by Gasteiger charge is 2.10. The van der Waals surface area contributed by atoms with Crippen LogP contribution in [0.1, 0.15) is 25.5 Å². The minimum atomic E-state index is -3.13. The largest absolute Gasteiger partial charge is 0.215 e. The van der Waals surface area contributed by atoms with Gasteiger partial charge in [-0.1, -0.05) is 13.3 Å². The van der Waals surface area contributed by atoms with Crippen molar-refractivity contribution in [3.63, 3.8) is 0 Å². The summed E-state index contributed by atoms with van der Waals surface area (Å²) >= 11 is 1.50. The molecule has 1 N–H and O–H groups in total. The van der Waals surface area contributed by atoms with E-state index >= 15 is 0 Å². The van der Waals surface area contributed by atoms with E-state index in [-0.39, 0.29) is 5.75 Å². The molecule has 2 aromatic heterocycles. The number of unbranched alkanes of at least 4 members (excludes halogenated alkanes) is 1. The van der Waals surface area contributed by atoms with E-state index in [0.29, 0.717) is 19.4 Å². The highest BCUT2D eigenvalue weighted by Crippen LogP contribution is 2.12. The second kappa shape index (κ2) is 5.77. The summed E-state index contributed by atoms with van der Waals surface area (Å²) in [5.74, 6) is 0.200. The Morgan fingerprint density at radius 3 is 3.11 bits per heavy atom. The van der Waals surface area contributed by atoms with Gasteiger partial charge in [0.25, 0.3) is 0 Å². The summed E-state index contributed by atoms with van der Waals surface area (Å²) in [6, 6.07) is 0. The van der Waals surface area contributed by atoms with Crippen LogP contribution in [0.4, 0.5) is 0 Å². The van der Waals surface area contributed by atoms with Gasteiger partial charge in [-0.05, 0) is 6.42 Å². The Labute approximate surface area is 110 Å². The average molecular weight is 288 g/mol. The van der Waals surface area contributed by atoms with Crippen molar-refractivity contribution in [1.29, 1.82) is 0 Å². The fraction of sp³-hybridized carbons (Fsp3) is 0.600. The van der Waals surface area contributed by atoms with Gasteiger partial charge in [-0.25, -0.2) is 22.6 Å². The first-order chi connectivity index (χ1) is 8.62. The molecule has 0 saturated heterocycles. The second-order valence-electron chi connectivity index (χ2n) is 4.00. The highest BCUT2D eigenvalue weighted by atomic mass is 32.2. The first kappa shape index (κ1) is 13.4. The molecule has 2 heterocycles. The van der Waals surface area contributed by atoms with Crippen LogP contribution in [0.2, 0.25) is 0 Å². The zero-order chi connectivity index (χ0) is 13.0. The lowest BCUT2D eigenvalue weighted by Crippen LogP contribution is -2.28. The summed E-state index contributed by atoms with van der Waals surface area (Å²) in [4.78, 5) is 4.90. The molecule has 0 fully saturated rings. The molecule has 8 heteroatoms. The van der Waals surface area contributed by atoms with Crippen molar-refractivity contribution in [1.82, 2.24) is 19.3 Å². The quantitative estimate of drug-likeness (QED) is 0.826. The van der Waals surface area contributed by atoms with Crippen LogP contribution >= 0.6 is 11.3 Å². The Bertz CT molecular complexity index is 602. The van der Waals surface area contributed by atoms with Gasteiger partial charge in [0, 0.05) is 18.3 Å². The Kier molecular flexibility index (Phi) is 4.31. The number of thiazole rings is 1. The van der Waals surface area contributed by atoms with E-state index < -0.39 is 10.0 Å². The van der Waals surface area contributed by atoms with E-state index in [1.165, 1.54) is 17.7 Å². The summed E-state index contributed by atoms with van der Waals surface area (Å²) in [5, 5.41) is 6.04. The van der Waals surface area contributed by atoms with Crippen molar-refractivity contribution in [2.75, 3.05) is 12.3 Å². The summed E-state index contributed by atoms with van der Waals surface area (Å²) in [6.45, 7) is 2.38. The fourth-order valence-electron chi connectivity index (χ4n) is 1.58. The zero-order valence-corrected chi connectivity index (χ0v) is 11.8. The van der Waals surface area contributed by atoms with Crippen LogP contribution < -0.4 is 4.72 Å². The number of sulfonamides is 1. The van der Waals surface area contributed by atoms with Gasteiger partial charge in [-0.2, -0.15) is 5.10 Å². The lowest BCUT2D eigenvalue weighted by atomic mass is 10.3. The molecule has 0 aliphatic heterocycles. The molecule has 0 aliphatic rings. The van der Waals surface area contributed by atoms with Crippen LogP contribution in [0, 0.1) is 0 Å². The van der Waals surface area contributed by atoms with Crippen molar-refractivity contribution in [3.05, 3.63) is 17.4 Å². The van der Waals surface area contributed by atoms with Crippen LogP contribution in [0.3, 0.4) is 0 Å². The lowest BCUT2D eigenvalue weighted by Gasteiger charge is -2.05. The summed E-state index contributed by atoms with van der Waals surface area (Å²) in [5.41, 5.74) is 0.977. The first-order valence-electron chi connectivity index (χ1n) is 5.86. The Balaban J connectivity index is 1.87. The fourth-order valence-corrected chi connectivity index (χ4v) is 3.64. The smallest absolute Gasteiger partial charge is 0.212 e. The van der Waals surface area contributed by atoms with Crippen LogP contribution in [0.5, 0.6) is 0 Å². The Morgan fingerprint density at radius 2 is 2.33 bits per heavy atom. The molecule has 2 rings (SSSR count). The molecular formula is C10H16N4O2S2. The Hall–Kier alpha value is -0.990. The topological polar surface area (TPSA) is 76.4 Å². The van der Waals surface area contributed by atoms with Crippen LogP contribution in [-0.2, 0) is 16.4 Å². The van der Waals surface area contributed by atoms with Gasteiger partial charge in [0.1, 0.15) is 6.33 Å². The highest BCUT2D eigenvalue weighted by molar-refractivity contribution is 7.89. The Morgan fingerprint density at radius 1 is 1.50 bits per heavy atom. The van der Waals surface area contributed by atoms with Crippen LogP contribution in [0.15, 0.2) is 11.7 Å². The van der Waals surface area contributed by atoms with Gasteiger partial charge in [0.15, 0.2) is 0 Å². The SMILES string of the molecule is CCCCS(=O)(=O)NCCc1csc2ncnn12. The maximum atomic E-state index is 11.6. The van der Waals surface area contributed by atoms with Crippen LogP contribution in [-0.4, -0.2) is 35.3 Å². The summed E-state index contributed by atoms with van der Waals surface area (Å²) < 4.78 is 27.5. The maximum absolute atomic E-state index is 11.6. The monoisotopic (exact) mass is 288 g/mol. The summed E-state index contributed by atoms with van der Waals surface area (Å²) in [6.07, 6.45) is 3.70. The van der Waals surface area contributed by atoms with E-state index in [4.69, 9.17) is 0 Å². The minimum Gasteiger partial charge on any atom is -0.215 e. The number of nitrogens with zero attached hydrogens (tertiary/aromatic N) is 3. The first-order valence-corrected chi connectivity index (χ1v) is 8.39. The van der Waals surface area contributed by atoms with E-state index in [1.54, 1.807) is 4.52 Å². The van der Waals surface area contributed by atoms with E-state index in [1.807, 2.05) is 12.3 Å². The van der Waals surface area contributed by atoms with Crippen molar-refractivity contribution in [2.45, 2.75) is 26.2 Å². The molecule has 0 radical (unpaired) electrons. The third-order valence-corrected chi connectivity index (χ3v) is 4.91. The molecule has 0 spiro atoms. The molecule has 18 heavy (non-hydrogen) atoms. The molecule has 0 aliphatic carbocycles. The van der Waals surface area contributed by atoms with Gasteiger partial charge in [-0.15, -0.1) is 11.3 Å². The summed E-state index contributed by atoms with van der Waals surface area (Å²) in [7, 11) is -3.13. The lowest BCUT2D eigenvalue weighted by molar-refractivity contribution is 0.577. The predicted octanol–water partition coefficient (Wildman–Crippen LogP) is 1.05. The molecule has 0 bridgehead atoms. The second-order valence-corrected chi connectivity index (χ2v) is 6.76. The number of hydrogen-bond donors (Lipinski definition) is 1. The van der Waals surface area contributed by atoms with E-state index in [2.05, 4.69) is 14.8 Å². The van der Waals surface area contributed by atoms with Crippen molar-refractivity contribution < 1.29 is 8.42 Å². The standard InChI is InChI=1S/C10H16N4O2S2/c1-2-3-6-18(15,16)13-5-4-9-7-17-10-11-8-12-14(9)10/h7-8,13H,2-6H2,1H3. The molecule has 0 atom stereocenters. The average Bonchev–Trinajstić information content (AvgIpc) is 2.91. The number of rotatable bonds is 7. The van der Waals surface area contributed by atoms with E-state index in [0.717, 1.165) is 17.1 Å². The van der Waals surface area contributed by atoms with Crippen molar-refractivity contribution in [3.8, 4) is 0 Å². The van der Waals surface area contributed by atoms with Gasteiger partial charge in [-0.3, -0.25) is 0 Å².